The monoisotopic (exact) mass is 373 g/mol. The first kappa shape index (κ1) is 19.7. The van der Waals surface area contributed by atoms with Crippen molar-refractivity contribution >= 4 is 11.8 Å². The average molecular weight is 373 g/mol. The highest BCUT2D eigenvalue weighted by Gasteiger charge is 2.44. The molecule has 6 heteroatoms. The van der Waals surface area contributed by atoms with Gasteiger partial charge < -0.3 is 19.4 Å². The first-order chi connectivity index (χ1) is 12.9. The molecule has 27 heavy (non-hydrogen) atoms. The van der Waals surface area contributed by atoms with Crippen molar-refractivity contribution in [2.75, 3.05) is 46.9 Å². The minimum Gasteiger partial charge on any atom is -0.494 e. The van der Waals surface area contributed by atoms with E-state index in [-0.39, 0.29) is 23.8 Å². The van der Waals surface area contributed by atoms with E-state index in [1.165, 1.54) is 0 Å². The fraction of sp³-hybridized carbons (Fsp3) is 0.619. The first-order valence-corrected chi connectivity index (χ1v) is 9.83. The van der Waals surface area contributed by atoms with Gasteiger partial charge in [0.25, 0.3) is 0 Å². The maximum atomic E-state index is 12.7. The van der Waals surface area contributed by atoms with Gasteiger partial charge in [-0.1, -0.05) is 12.1 Å². The molecule has 0 N–H and O–H groups in total. The van der Waals surface area contributed by atoms with Crippen LogP contribution in [0, 0.1) is 5.41 Å². The molecule has 148 valence electrons. The molecule has 0 bridgehead atoms. The third-order valence-corrected chi connectivity index (χ3v) is 5.83. The number of carbonyl (C=O) groups excluding carboxylic acids is 2. The van der Waals surface area contributed by atoms with Crippen LogP contribution in [-0.4, -0.2) is 73.4 Å². The number of benzene rings is 1. The van der Waals surface area contributed by atoms with Crippen molar-refractivity contribution in [3.05, 3.63) is 29.8 Å². The maximum absolute atomic E-state index is 12.7. The van der Waals surface area contributed by atoms with Gasteiger partial charge in [-0.3, -0.25) is 9.59 Å². The summed E-state index contributed by atoms with van der Waals surface area (Å²) in [4.78, 5) is 30.9. The Morgan fingerprint density at radius 1 is 1.30 bits per heavy atom. The maximum Gasteiger partial charge on any atom is 0.242 e. The van der Waals surface area contributed by atoms with Crippen LogP contribution in [0.2, 0.25) is 0 Å². The highest BCUT2D eigenvalue weighted by atomic mass is 16.5. The Morgan fingerprint density at radius 2 is 2.04 bits per heavy atom. The summed E-state index contributed by atoms with van der Waals surface area (Å²) in [5, 5.41) is 0. The van der Waals surface area contributed by atoms with E-state index in [1.54, 1.807) is 16.8 Å². The van der Waals surface area contributed by atoms with Gasteiger partial charge in [-0.15, -0.1) is 0 Å². The molecule has 0 saturated carbocycles. The normalized spacial score (nSPS) is 19.5. The zero-order valence-electron chi connectivity index (χ0n) is 16.7. The highest BCUT2D eigenvalue weighted by Crippen LogP contribution is 2.40. The second-order valence-electron chi connectivity index (χ2n) is 8.06. The van der Waals surface area contributed by atoms with Gasteiger partial charge in [0.05, 0.1) is 13.2 Å². The number of amides is 2. The molecule has 1 aromatic carbocycles. The van der Waals surface area contributed by atoms with E-state index >= 15 is 0 Å². The molecule has 2 amide bonds. The van der Waals surface area contributed by atoms with Crippen molar-refractivity contribution in [2.24, 2.45) is 5.41 Å². The summed E-state index contributed by atoms with van der Waals surface area (Å²) in [6, 6.07) is 7.80. The van der Waals surface area contributed by atoms with Crippen molar-refractivity contribution in [1.29, 1.82) is 0 Å². The van der Waals surface area contributed by atoms with Crippen LogP contribution in [0.15, 0.2) is 24.3 Å². The third-order valence-electron chi connectivity index (χ3n) is 5.83. The van der Waals surface area contributed by atoms with E-state index in [0.717, 1.165) is 43.8 Å². The smallest absolute Gasteiger partial charge is 0.242 e. The van der Waals surface area contributed by atoms with Crippen molar-refractivity contribution in [1.82, 2.24) is 14.7 Å². The summed E-state index contributed by atoms with van der Waals surface area (Å²) in [7, 11) is 3.92. The van der Waals surface area contributed by atoms with E-state index in [0.29, 0.717) is 19.6 Å². The first-order valence-electron chi connectivity index (χ1n) is 9.83. The van der Waals surface area contributed by atoms with Crippen LogP contribution in [0.1, 0.15) is 31.7 Å². The van der Waals surface area contributed by atoms with E-state index < -0.39 is 0 Å². The summed E-state index contributed by atoms with van der Waals surface area (Å²) in [5.41, 5.74) is 1.10. The Balaban J connectivity index is 1.55. The molecule has 0 atom stereocenters. The fourth-order valence-electron chi connectivity index (χ4n) is 4.10. The number of rotatable bonds is 6. The molecule has 1 aromatic rings. The molecule has 0 radical (unpaired) electrons. The number of hydrogen-bond acceptors (Lipinski definition) is 4. The lowest BCUT2D eigenvalue weighted by Crippen LogP contribution is -2.42. The predicted molar refractivity (Wildman–Crippen MR) is 104 cm³/mol. The zero-order valence-corrected chi connectivity index (χ0v) is 16.7. The summed E-state index contributed by atoms with van der Waals surface area (Å²) in [6.07, 6.45) is 2.67. The minimum absolute atomic E-state index is 0.0184. The molecule has 3 rings (SSSR count). The van der Waals surface area contributed by atoms with Crippen molar-refractivity contribution in [2.45, 2.75) is 32.7 Å². The summed E-state index contributed by atoms with van der Waals surface area (Å²) < 4.78 is 5.52. The Labute approximate surface area is 162 Å². The van der Waals surface area contributed by atoms with Crippen LogP contribution in [0.25, 0.3) is 0 Å². The van der Waals surface area contributed by atoms with Gasteiger partial charge in [0, 0.05) is 26.6 Å². The Kier molecular flexibility index (Phi) is 6.05. The second kappa shape index (κ2) is 8.30. The van der Waals surface area contributed by atoms with E-state index in [9.17, 15) is 9.59 Å². The molecule has 2 saturated heterocycles. The lowest BCUT2D eigenvalue weighted by atomic mass is 9.78. The van der Waals surface area contributed by atoms with Gasteiger partial charge in [-0.25, -0.2) is 0 Å². The third kappa shape index (κ3) is 4.80. The quantitative estimate of drug-likeness (QED) is 0.765. The number of nitrogens with zero attached hydrogens (tertiary/aromatic N) is 3. The number of likely N-dealkylation sites (tertiary alicyclic amines) is 2. The number of carbonyl (C=O) groups is 2. The molecule has 2 aliphatic rings. The van der Waals surface area contributed by atoms with Crippen LogP contribution >= 0.6 is 0 Å². The summed E-state index contributed by atoms with van der Waals surface area (Å²) in [6.45, 7) is 6.05. The van der Waals surface area contributed by atoms with Gasteiger partial charge in [0.15, 0.2) is 0 Å². The SMILES string of the molecule is CCOc1cccc(CN(C)C(=O)CN2CC3(CCN(C)CC3)CC2=O)c1. The molecule has 2 heterocycles. The molecular weight excluding hydrogens is 342 g/mol. The predicted octanol–water partition coefficient (Wildman–Crippen LogP) is 1.99. The van der Waals surface area contributed by atoms with Crippen LogP contribution in [-0.2, 0) is 16.1 Å². The molecule has 0 aromatic heterocycles. The zero-order chi connectivity index (χ0) is 19.4. The fourth-order valence-corrected chi connectivity index (χ4v) is 4.10. The second-order valence-corrected chi connectivity index (χ2v) is 8.06. The van der Waals surface area contributed by atoms with Crippen LogP contribution in [0.5, 0.6) is 5.75 Å². The lowest BCUT2D eigenvalue weighted by molar-refractivity contribution is -0.137. The highest BCUT2D eigenvalue weighted by molar-refractivity contribution is 5.86. The molecular formula is C21H31N3O3. The molecule has 2 fully saturated rings. The summed E-state index contributed by atoms with van der Waals surface area (Å²) >= 11 is 0. The van der Waals surface area contributed by atoms with E-state index in [2.05, 4.69) is 11.9 Å². The Hall–Kier alpha value is -2.08. The number of hydrogen-bond donors (Lipinski definition) is 0. The van der Waals surface area contributed by atoms with Crippen molar-refractivity contribution in [3.63, 3.8) is 0 Å². The molecule has 0 aliphatic carbocycles. The van der Waals surface area contributed by atoms with Crippen molar-refractivity contribution in [3.8, 4) is 5.75 Å². The Bertz CT molecular complexity index is 683. The van der Waals surface area contributed by atoms with Crippen LogP contribution in [0.4, 0.5) is 0 Å². The van der Waals surface area contributed by atoms with Gasteiger partial charge in [-0.05, 0) is 63.0 Å². The van der Waals surface area contributed by atoms with Gasteiger partial charge >= 0.3 is 0 Å². The Morgan fingerprint density at radius 3 is 2.74 bits per heavy atom. The molecule has 2 aliphatic heterocycles. The van der Waals surface area contributed by atoms with Crippen LogP contribution < -0.4 is 4.74 Å². The van der Waals surface area contributed by atoms with Crippen LogP contribution in [0.3, 0.4) is 0 Å². The van der Waals surface area contributed by atoms with E-state index in [1.807, 2.05) is 31.2 Å². The van der Waals surface area contributed by atoms with Crippen molar-refractivity contribution < 1.29 is 14.3 Å². The van der Waals surface area contributed by atoms with Gasteiger partial charge in [-0.2, -0.15) is 0 Å². The molecule has 0 unspecified atom stereocenters. The lowest BCUT2D eigenvalue weighted by Gasteiger charge is -2.37. The molecule has 1 spiro atoms. The minimum atomic E-state index is -0.0184. The topological polar surface area (TPSA) is 53.1 Å². The molecule has 6 nitrogen and oxygen atoms in total. The number of ether oxygens (including phenoxy) is 1. The van der Waals surface area contributed by atoms with Gasteiger partial charge in [0.2, 0.25) is 11.8 Å². The summed E-state index contributed by atoms with van der Waals surface area (Å²) in [5.74, 6) is 0.921. The number of likely N-dealkylation sites (N-methyl/N-ethyl adjacent to an activating group) is 1. The number of piperidine rings is 1. The largest absolute Gasteiger partial charge is 0.494 e. The van der Waals surface area contributed by atoms with Gasteiger partial charge in [0.1, 0.15) is 5.75 Å². The average Bonchev–Trinajstić information content (AvgIpc) is 2.93. The standard InChI is InChI=1S/C21H31N3O3/c1-4-27-18-7-5-6-17(12-18)14-23(3)20(26)15-24-16-21(13-19(24)25)8-10-22(2)11-9-21/h5-7,12H,4,8-11,13-16H2,1-3H3. The van der Waals surface area contributed by atoms with E-state index in [4.69, 9.17) is 4.74 Å².